The quantitative estimate of drug-likeness (QED) is 0.863. The van der Waals surface area contributed by atoms with E-state index in [1.54, 1.807) is 0 Å². The number of oxazole rings is 1. The predicted octanol–water partition coefficient (Wildman–Crippen LogP) is 2.49. The largest absolute Gasteiger partial charge is 0.476 e. The van der Waals surface area contributed by atoms with Crippen molar-refractivity contribution in [3.63, 3.8) is 0 Å². The molecular weight excluding hydrogens is 260 g/mol. The third-order valence-electron chi connectivity index (χ3n) is 2.19. The molecular formula is C11H9FNO4P. The Balaban J connectivity index is 2.47. The average Bonchev–Trinajstić information content (AvgIpc) is 2.75. The highest BCUT2D eigenvalue weighted by Crippen LogP contribution is 2.25. The number of rotatable bonds is 4. The standard InChI is InChI=1S/C11H9FNO4P/c12-7-3-1-6(2-4-7)10-9(11(14)15)13-8(17-10)5-16-18/h1-4H,5,18H2,(H,14,15). The molecule has 1 N–H and O–H groups in total. The number of hydrogen-bond donors (Lipinski definition) is 1. The highest BCUT2D eigenvalue weighted by atomic mass is 31.0. The van der Waals surface area contributed by atoms with Crippen LogP contribution in [0, 0.1) is 5.82 Å². The summed E-state index contributed by atoms with van der Waals surface area (Å²) in [4.78, 5) is 14.8. The zero-order chi connectivity index (χ0) is 13.1. The fourth-order valence-corrected chi connectivity index (χ4v) is 1.58. The van der Waals surface area contributed by atoms with E-state index in [1.165, 1.54) is 24.3 Å². The van der Waals surface area contributed by atoms with Crippen LogP contribution in [0.15, 0.2) is 28.7 Å². The van der Waals surface area contributed by atoms with Crippen molar-refractivity contribution in [3.8, 4) is 11.3 Å². The number of halogens is 1. The Morgan fingerprint density at radius 3 is 2.67 bits per heavy atom. The molecule has 0 saturated heterocycles. The van der Waals surface area contributed by atoms with Crippen LogP contribution in [0.2, 0.25) is 0 Å². The molecule has 0 aliphatic heterocycles. The Morgan fingerprint density at radius 1 is 1.44 bits per heavy atom. The van der Waals surface area contributed by atoms with E-state index in [4.69, 9.17) is 14.0 Å². The second kappa shape index (κ2) is 5.25. The molecule has 1 unspecified atom stereocenters. The Morgan fingerprint density at radius 2 is 2.11 bits per heavy atom. The third-order valence-corrected chi connectivity index (χ3v) is 2.35. The summed E-state index contributed by atoms with van der Waals surface area (Å²) in [6, 6.07) is 5.28. The van der Waals surface area contributed by atoms with Gasteiger partial charge >= 0.3 is 5.97 Å². The van der Waals surface area contributed by atoms with Crippen LogP contribution in [-0.4, -0.2) is 16.1 Å². The van der Waals surface area contributed by atoms with Gasteiger partial charge in [0, 0.05) is 15.0 Å². The van der Waals surface area contributed by atoms with E-state index in [1.807, 2.05) is 9.47 Å². The van der Waals surface area contributed by atoms with Crippen LogP contribution in [-0.2, 0) is 11.1 Å². The first-order valence-corrected chi connectivity index (χ1v) is 5.39. The number of aromatic carboxylic acids is 1. The summed E-state index contributed by atoms with van der Waals surface area (Å²) in [5.41, 5.74) is 0.218. The number of carbonyl (C=O) groups is 1. The lowest BCUT2D eigenvalue weighted by Gasteiger charge is -1.97. The maximum atomic E-state index is 12.8. The summed E-state index contributed by atoms with van der Waals surface area (Å²) in [6.07, 6.45) is 0. The van der Waals surface area contributed by atoms with Crippen LogP contribution in [0.5, 0.6) is 0 Å². The van der Waals surface area contributed by atoms with Gasteiger partial charge in [-0.2, -0.15) is 0 Å². The van der Waals surface area contributed by atoms with Crippen molar-refractivity contribution < 1.29 is 23.2 Å². The average molecular weight is 269 g/mol. The second-order valence-electron chi connectivity index (χ2n) is 3.41. The van der Waals surface area contributed by atoms with E-state index in [-0.39, 0.29) is 24.0 Å². The van der Waals surface area contributed by atoms with Gasteiger partial charge in [0.25, 0.3) is 0 Å². The predicted molar refractivity (Wildman–Crippen MR) is 63.4 cm³/mol. The van der Waals surface area contributed by atoms with Crippen molar-refractivity contribution in [2.45, 2.75) is 6.61 Å². The van der Waals surface area contributed by atoms with Gasteiger partial charge in [-0.3, -0.25) is 0 Å². The fraction of sp³-hybridized carbons (Fsp3) is 0.0909. The zero-order valence-electron chi connectivity index (χ0n) is 9.09. The fourth-order valence-electron chi connectivity index (χ4n) is 1.44. The lowest BCUT2D eigenvalue weighted by molar-refractivity contribution is 0.0691. The van der Waals surface area contributed by atoms with Gasteiger partial charge in [0.05, 0.1) is 0 Å². The third kappa shape index (κ3) is 2.55. The Labute approximate surface area is 104 Å². The van der Waals surface area contributed by atoms with Gasteiger partial charge in [-0.05, 0) is 24.3 Å². The van der Waals surface area contributed by atoms with Crippen molar-refractivity contribution in [2.24, 2.45) is 0 Å². The first-order valence-electron chi connectivity index (χ1n) is 4.92. The molecule has 1 aromatic heterocycles. The van der Waals surface area contributed by atoms with Crippen LogP contribution in [0.25, 0.3) is 11.3 Å². The minimum atomic E-state index is -1.21. The molecule has 5 nitrogen and oxygen atoms in total. The van der Waals surface area contributed by atoms with Crippen LogP contribution >= 0.6 is 9.47 Å². The molecule has 0 bridgehead atoms. The first kappa shape index (κ1) is 12.7. The smallest absolute Gasteiger partial charge is 0.358 e. The highest BCUT2D eigenvalue weighted by Gasteiger charge is 2.20. The van der Waals surface area contributed by atoms with Gasteiger partial charge in [0.15, 0.2) is 11.5 Å². The van der Waals surface area contributed by atoms with E-state index in [9.17, 15) is 9.18 Å². The van der Waals surface area contributed by atoms with Crippen LogP contribution < -0.4 is 0 Å². The summed E-state index contributed by atoms with van der Waals surface area (Å²) in [6.45, 7) is 0.0339. The Hall–Kier alpha value is -1.78. The zero-order valence-corrected chi connectivity index (χ0v) is 10.2. The lowest BCUT2D eigenvalue weighted by Crippen LogP contribution is -1.99. The van der Waals surface area contributed by atoms with Crippen LogP contribution in [0.1, 0.15) is 16.4 Å². The summed E-state index contributed by atoms with van der Waals surface area (Å²) in [5.74, 6) is -1.40. The number of aromatic nitrogens is 1. The summed E-state index contributed by atoms with van der Waals surface area (Å²) in [5, 5.41) is 9.02. The maximum absolute atomic E-state index is 12.8. The van der Waals surface area contributed by atoms with Crippen molar-refractivity contribution >= 4 is 15.4 Å². The summed E-state index contributed by atoms with van der Waals surface area (Å²) < 4.78 is 22.8. The van der Waals surface area contributed by atoms with Gasteiger partial charge in [-0.25, -0.2) is 14.2 Å². The Kier molecular flexibility index (Phi) is 3.69. The molecule has 94 valence electrons. The summed E-state index contributed by atoms with van der Waals surface area (Å²) >= 11 is 0. The molecule has 0 aliphatic carbocycles. The molecule has 0 aliphatic rings. The number of hydrogen-bond acceptors (Lipinski definition) is 4. The van der Waals surface area contributed by atoms with Crippen LogP contribution in [0.3, 0.4) is 0 Å². The second-order valence-corrected chi connectivity index (χ2v) is 3.74. The Bertz CT molecular complexity index is 567. The van der Waals surface area contributed by atoms with E-state index < -0.39 is 11.8 Å². The molecule has 0 radical (unpaired) electrons. The lowest BCUT2D eigenvalue weighted by atomic mass is 10.1. The molecule has 2 aromatic rings. The molecule has 0 amide bonds. The van der Waals surface area contributed by atoms with Crippen molar-refractivity contribution in [1.29, 1.82) is 0 Å². The molecule has 18 heavy (non-hydrogen) atoms. The number of carboxylic acids is 1. The SMILES string of the molecule is O=C(O)c1nc(COP)oc1-c1ccc(F)cc1. The van der Waals surface area contributed by atoms with Gasteiger partial charge in [-0.1, -0.05) is 0 Å². The van der Waals surface area contributed by atoms with E-state index in [0.717, 1.165) is 0 Å². The van der Waals surface area contributed by atoms with Gasteiger partial charge in [0.1, 0.15) is 12.4 Å². The number of nitrogens with zero attached hydrogens (tertiary/aromatic N) is 1. The van der Waals surface area contributed by atoms with Gasteiger partial charge in [-0.15, -0.1) is 0 Å². The maximum Gasteiger partial charge on any atom is 0.358 e. The van der Waals surface area contributed by atoms with Gasteiger partial charge in [0.2, 0.25) is 5.89 Å². The molecule has 1 aromatic carbocycles. The van der Waals surface area contributed by atoms with E-state index >= 15 is 0 Å². The molecule has 0 fully saturated rings. The normalized spacial score (nSPS) is 10.6. The highest BCUT2D eigenvalue weighted by molar-refractivity contribution is 7.09. The van der Waals surface area contributed by atoms with Gasteiger partial charge < -0.3 is 14.0 Å². The monoisotopic (exact) mass is 269 g/mol. The molecule has 1 heterocycles. The van der Waals surface area contributed by atoms with Crippen molar-refractivity contribution in [1.82, 2.24) is 4.98 Å². The molecule has 0 spiro atoms. The van der Waals surface area contributed by atoms with E-state index in [2.05, 4.69) is 4.98 Å². The number of benzene rings is 1. The van der Waals surface area contributed by atoms with Crippen molar-refractivity contribution in [2.75, 3.05) is 0 Å². The molecule has 0 saturated carbocycles. The molecule has 7 heteroatoms. The minimum absolute atomic E-state index is 0.0339. The van der Waals surface area contributed by atoms with Crippen LogP contribution in [0.4, 0.5) is 4.39 Å². The molecule has 1 atom stereocenters. The summed E-state index contributed by atoms with van der Waals surface area (Å²) in [7, 11) is 2.02. The number of carboxylic acid groups (broad SMARTS) is 1. The first-order chi connectivity index (χ1) is 8.61. The van der Waals surface area contributed by atoms with Crippen molar-refractivity contribution in [3.05, 3.63) is 41.7 Å². The molecule has 2 rings (SSSR count). The minimum Gasteiger partial charge on any atom is -0.476 e. The topological polar surface area (TPSA) is 72.6 Å². The van der Waals surface area contributed by atoms with E-state index in [0.29, 0.717) is 5.56 Å².